The van der Waals surface area contributed by atoms with E-state index in [9.17, 15) is 9.59 Å². The maximum absolute atomic E-state index is 13.2. The number of carbonyl (C=O) groups is 1. The molecule has 1 amide bonds. The van der Waals surface area contributed by atoms with Gasteiger partial charge in [0.25, 0.3) is 5.56 Å². The number of fused-ring (bicyclic) bond motifs is 1. The van der Waals surface area contributed by atoms with Crippen molar-refractivity contribution in [1.29, 1.82) is 0 Å². The molecule has 1 N–H and O–H groups in total. The number of carbonyl (C=O) groups excluding carboxylic acids is 1. The molecule has 2 aromatic carbocycles. The Balaban J connectivity index is 1.63. The molecule has 4 rings (SSSR count). The highest BCUT2D eigenvalue weighted by Gasteiger charge is 2.15. The Kier molecular flexibility index (Phi) is 5.86. The number of benzene rings is 2. The minimum Gasteiger partial charge on any atom is -0.494 e. The van der Waals surface area contributed by atoms with Crippen LogP contribution in [0.1, 0.15) is 18.1 Å². The Hall–Kier alpha value is -3.45. The number of rotatable bonds is 6. The van der Waals surface area contributed by atoms with Crippen LogP contribution in [0.5, 0.6) is 5.75 Å². The molecular formula is C24H23N3O3S. The maximum atomic E-state index is 13.2. The Morgan fingerprint density at radius 2 is 1.94 bits per heavy atom. The van der Waals surface area contributed by atoms with Gasteiger partial charge in [-0.05, 0) is 55.7 Å². The van der Waals surface area contributed by atoms with Crippen molar-refractivity contribution >= 4 is 33.1 Å². The molecule has 0 aliphatic rings. The summed E-state index contributed by atoms with van der Waals surface area (Å²) >= 11 is 1.41. The standard InChI is InChI=1S/C24H23N3O3S/c1-4-30-18-9-7-17(8-10-18)19-13-31-23-22(19)24(29)27(14-25-23)12-21(28)26-20-11-15(2)5-6-16(20)3/h5-11,13-14H,4,12H2,1-3H3,(H,26,28). The molecule has 0 aliphatic carbocycles. The van der Waals surface area contributed by atoms with Crippen LogP contribution in [-0.4, -0.2) is 22.1 Å². The van der Waals surface area contributed by atoms with Crippen molar-refractivity contribution in [3.63, 3.8) is 0 Å². The van der Waals surface area contributed by atoms with Gasteiger partial charge in [-0.25, -0.2) is 4.98 Å². The summed E-state index contributed by atoms with van der Waals surface area (Å²) in [5.41, 5.74) is 4.26. The van der Waals surface area contributed by atoms with E-state index < -0.39 is 0 Å². The van der Waals surface area contributed by atoms with Crippen molar-refractivity contribution in [3.8, 4) is 16.9 Å². The molecule has 31 heavy (non-hydrogen) atoms. The highest BCUT2D eigenvalue weighted by Crippen LogP contribution is 2.31. The zero-order valence-electron chi connectivity index (χ0n) is 17.6. The normalized spacial score (nSPS) is 10.9. The number of thiophene rings is 1. The number of nitrogens with one attached hydrogen (secondary N) is 1. The van der Waals surface area contributed by atoms with Crippen LogP contribution in [0.2, 0.25) is 0 Å². The molecule has 0 atom stereocenters. The summed E-state index contributed by atoms with van der Waals surface area (Å²) < 4.78 is 6.85. The second-order valence-corrected chi connectivity index (χ2v) is 8.19. The van der Waals surface area contributed by atoms with Crippen molar-refractivity contribution in [2.45, 2.75) is 27.3 Å². The van der Waals surface area contributed by atoms with Crippen LogP contribution in [0.25, 0.3) is 21.3 Å². The molecule has 0 bridgehead atoms. The van der Waals surface area contributed by atoms with Gasteiger partial charge in [0.2, 0.25) is 5.91 Å². The van der Waals surface area contributed by atoms with Crippen LogP contribution in [0.4, 0.5) is 5.69 Å². The van der Waals surface area contributed by atoms with E-state index in [4.69, 9.17) is 4.74 Å². The van der Waals surface area contributed by atoms with Gasteiger partial charge in [-0.3, -0.25) is 14.2 Å². The molecule has 0 saturated carbocycles. The predicted molar refractivity (Wildman–Crippen MR) is 125 cm³/mol. The van der Waals surface area contributed by atoms with E-state index in [2.05, 4.69) is 10.3 Å². The van der Waals surface area contributed by atoms with Crippen molar-refractivity contribution in [2.75, 3.05) is 11.9 Å². The molecule has 0 radical (unpaired) electrons. The molecule has 0 fully saturated rings. The highest BCUT2D eigenvalue weighted by molar-refractivity contribution is 7.17. The number of amides is 1. The van der Waals surface area contributed by atoms with Crippen molar-refractivity contribution < 1.29 is 9.53 Å². The second-order valence-electron chi connectivity index (χ2n) is 7.33. The molecular weight excluding hydrogens is 410 g/mol. The van der Waals surface area contributed by atoms with Crippen molar-refractivity contribution in [1.82, 2.24) is 9.55 Å². The summed E-state index contributed by atoms with van der Waals surface area (Å²) in [5, 5.41) is 5.35. The molecule has 0 aliphatic heterocycles. The smallest absolute Gasteiger partial charge is 0.263 e. The lowest BCUT2D eigenvalue weighted by Crippen LogP contribution is -2.28. The van der Waals surface area contributed by atoms with E-state index in [1.807, 2.05) is 68.6 Å². The molecule has 0 spiro atoms. The first-order valence-electron chi connectivity index (χ1n) is 10.0. The highest BCUT2D eigenvalue weighted by atomic mass is 32.1. The Labute approximate surface area is 184 Å². The lowest BCUT2D eigenvalue weighted by atomic mass is 10.1. The number of aromatic nitrogens is 2. The topological polar surface area (TPSA) is 73.2 Å². The van der Waals surface area contributed by atoms with E-state index in [1.54, 1.807) is 0 Å². The maximum Gasteiger partial charge on any atom is 0.263 e. The molecule has 0 saturated heterocycles. The largest absolute Gasteiger partial charge is 0.494 e. The van der Waals surface area contributed by atoms with Crippen LogP contribution in [0.3, 0.4) is 0 Å². The molecule has 158 valence electrons. The minimum atomic E-state index is -0.269. The van der Waals surface area contributed by atoms with Gasteiger partial charge in [-0.2, -0.15) is 0 Å². The number of anilines is 1. The number of ether oxygens (including phenoxy) is 1. The molecule has 6 nitrogen and oxygen atoms in total. The second kappa shape index (κ2) is 8.73. The van der Waals surface area contributed by atoms with E-state index in [0.29, 0.717) is 16.8 Å². The quantitative estimate of drug-likeness (QED) is 0.475. The van der Waals surface area contributed by atoms with Crippen molar-refractivity contribution in [3.05, 3.63) is 75.7 Å². The fourth-order valence-corrected chi connectivity index (χ4v) is 4.31. The van der Waals surface area contributed by atoms with Crippen molar-refractivity contribution in [2.24, 2.45) is 0 Å². The van der Waals surface area contributed by atoms with E-state index in [0.717, 1.165) is 33.7 Å². The monoisotopic (exact) mass is 433 g/mol. The molecule has 4 aromatic rings. The number of nitrogens with zero attached hydrogens (tertiary/aromatic N) is 2. The van der Waals surface area contributed by atoms with E-state index >= 15 is 0 Å². The average molecular weight is 434 g/mol. The van der Waals surface area contributed by atoms with Gasteiger partial charge in [-0.1, -0.05) is 24.3 Å². The fraction of sp³-hybridized carbons (Fsp3) is 0.208. The Morgan fingerprint density at radius 3 is 2.68 bits per heavy atom. The summed E-state index contributed by atoms with van der Waals surface area (Å²) in [6, 6.07) is 13.5. The van der Waals surface area contributed by atoms with E-state index in [1.165, 1.54) is 22.2 Å². The molecule has 7 heteroatoms. The van der Waals surface area contributed by atoms with Crippen LogP contribution in [0.15, 0.2) is 59.0 Å². The van der Waals surface area contributed by atoms with Crippen LogP contribution < -0.4 is 15.6 Å². The van der Waals surface area contributed by atoms with Crippen LogP contribution in [-0.2, 0) is 11.3 Å². The van der Waals surface area contributed by atoms with Gasteiger partial charge < -0.3 is 10.1 Å². The third kappa shape index (κ3) is 4.36. The third-order valence-corrected chi connectivity index (χ3v) is 5.90. The molecule has 2 heterocycles. The van der Waals surface area contributed by atoms with Gasteiger partial charge in [0.05, 0.1) is 18.3 Å². The lowest BCUT2D eigenvalue weighted by molar-refractivity contribution is -0.116. The fourth-order valence-electron chi connectivity index (χ4n) is 3.40. The minimum absolute atomic E-state index is 0.103. The first-order chi connectivity index (χ1) is 15.0. The third-order valence-electron chi connectivity index (χ3n) is 5.02. The zero-order chi connectivity index (χ0) is 22.0. The first-order valence-corrected chi connectivity index (χ1v) is 10.9. The van der Waals surface area contributed by atoms with Gasteiger partial charge in [0, 0.05) is 16.6 Å². The average Bonchev–Trinajstić information content (AvgIpc) is 3.18. The SMILES string of the molecule is CCOc1ccc(-c2csc3ncn(CC(=O)Nc4cc(C)ccc4C)c(=O)c23)cc1. The number of hydrogen-bond acceptors (Lipinski definition) is 5. The Bertz CT molecular complexity index is 1310. The number of hydrogen-bond donors (Lipinski definition) is 1. The van der Waals surface area contributed by atoms with Gasteiger partial charge in [-0.15, -0.1) is 11.3 Å². The van der Waals surface area contributed by atoms with Crippen LogP contribution >= 0.6 is 11.3 Å². The summed E-state index contributed by atoms with van der Waals surface area (Å²) in [7, 11) is 0. The molecule has 0 unspecified atom stereocenters. The first kappa shape index (κ1) is 20.8. The summed E-state index contributed by atoms with van der Waals surface area (Å²) in [6.07, 6.45) is 1.44. The Morgan fingerprint density at radius 1 is 1.16 bits per heavy atom. The summed E-state index contributed by atoms with van der Waals surface area (Å²) in [4.78, 5) is 30.9. The predicted octanol–water partition coefficient (Wildman–Crippen LogP) is 4.78. The van der Waals surface area contributed by atoms with E-state index in [-0.39, 0.29) is 18.0 Å². The molecule has 2 aromatic heterocycles. The lowest BCUT2D eigenvalue weighted by Gasteiger charge is -2.10. The van der Waals surface area contributed by atoms with Gasteiger partial charge in [0.15, 0.2) is 0 Å². The van der Waals surface area contributed by atoms with Crippen LogP contribution in [0, 0.1) is 13.8 Å². The zero-order valence-corrected chi connectivity index (χ0v) is 18.5. The summed E-state index contributed by atoms with van der Waals surface area (Å²) in [6.45, 7) is 6.33. The van der Waals surface area contributed by atoms with Gasteiger partial charge in [0.1, 0.15) is 17.1 Å². The number of aryl methyl sites for hydroxylation is 2. The summed E-state index contributed by atoms with van der Waals surface area (Å²) in [5.74, 6) is 0.513. The van der Waals surface area contributed by atoms with Gasteiger partial charge >= 0.3 is 0 Å².